The van der Waals surface area contributed by atoms with Crippen molar-refractivity contribution in [1.29, 1.82) is 0 Å². The summed E-state index contributed by atoms with van der Waals surface area (Å²) in [5.74, 6) is 0.406. The number of nitro benzene ring substituents is 1. The Morgan fingerprint density at radius 1 is 1.15 bits per heavy atom. The molecule has 6 nitrogen and oxygen atoms in total. The molecule has 3 aromatic rings. The van der Waals surface area contributed by atoms with E-state index in [-0.39, 0.29) is 17.0 Å². The van der Waals surface area contributed by atoms with Gasteiger partial charge in [0.15, 0.2) is 0 Å². The van der Waals surface area contributed by atoms with Crippen molar-refractivity contribution in [2.75, 3.05) is 5.32 Å². The lowest BCUT2D eigenvalue weighted by Crippen LogP contribution is -2.27. The Kier molecular flexibility index (Phi) is 6.42. The van der Waals surface area contributed by atoms with Crippen LogP contribution in [0.15, 0.2) is 59.6 Å². The molecule has 0 fully saturated rings. The fourth-order valence-corrected chi connectivity index (χ4v) is 5.43. The SMILES string of the molecule is CC(C)(C)[C@H]1CCc2c(sc(N=Cc3ccc([N+](=O)[O-])cc3)c2C(=O)Nc2ccccc2)C1. The summed E-state index contributed by atoms with van der Waals surface area (Å²) in [6.07, 6.45) is 4.52. The van der Waals surface area contributed by atoms with Crippen LogP contribution in [0.2, 0.25) is 0 Å². The maximum Gasteiger partial charge on any atom is 0.269 e. The van der Waals surface area contributed by atoms with Gasteiger partial charge in [-0.05, 0) is 66.0 Å². The standard InChI is InChI=1S/C26H27N3O3S/c1-26(2,3)18-11-14-21-22(15-18)33-25(23(21)24(30)28-19-7-5-4-6-8-19)27-16-17-9-12-20(13-10-17)29(31)32/h4-10,12-13,16,18H,11,14-15H2,1-3H3,(H,28,30)/t18-/m0/s1. The van der Waals surface area contributed by atoms with Crippen LogP contribution in [0, 0.1) is 21.4 Å². The smallest absolute Gasteiger partial charge is 0.269 e. The molecule has 1 N–H and O–H groups in total. The van der Waals surface area contributed by atoms with Crippen molar-refractivity contribution >= 4 is 39.8 Å². The molecule has 33 heavy (non-hydrogen) atoms. The Morgan fingerprint density at radius 3 is 2.48 bits per heavy atom. The first-order valence-corrected chi connectivity index (χ1v) is 11.8. The van der Waals surface area contributed by atoms with E-state index in [1.165, 1.54) is 17.0 Å². The number of anilines is 1. The molecule has 0 aliphatic heterocycles. The van der Waals surface area contributed by atoms with Gasteiger partial charge in [-0.1, -0.05) is 39.0 Å². The number of hydrogen-bond acceptors (Lipinski definition) is 5. The van der Waals surface area contributed by atoms with E-state index in [9.17, 15) is 14.9 Å². The van der Waals surface area contributed by atoms with Crippen LogP contribution in [0.3, 0.4) is 0 Å². The van der Waals surface area contributed by atoms with E-state index in [0.717, 1.165) is 36.1 Å². The molecule has 170 valence electrons. The first kappa shape index (κ1) is 22.9. The van der Waals surface area contributed by atoms with E-state index < -0.39 is 4.92 Å². The Balaban J connectivity index is 1.68. The fraction of sp³-hybridized carbons (Fsp3) is 0.308. The maximum absolute atomic E-state index is 13.3. The van der Waals surface area contributed by atoms with E-state index in [1.807, 2.05) is 30.3 Å². The van der Waals surface area contributed by atoms with Crippen LogP contribution in [0.5, 0.6) is 0 Å². The third-order valence-electron chi connectivity index (χ3n) is 6.16. The average molecular weight is 462 g/mol. The second kappa shape index (κ2) is 9.27. The summed E-state index contributed by atoms with van der Waals surface area (Å²) >= 11 is 1.58. The molecule has 1 aromatic heterocycles. The van der Waals surface area contributed by atoms with Crippen molar-refractivity contribution in [3.63, 3.8) is 0 Å². The molecular formula is C26H27N3O3S. The molecule has 1 heterocycles. The average Bonchev–Trinajstić information content (AvgIpc) is 3.16. The van der Waals surface area contributed by atoms with Gasteiger partial charge in [0.1, 0.15) is 5.00 Å². The van der Waals surface area contributed by atoms with Crippen LogP contribution in [0.1, 0.15) is 53.6 Å². The highest BCUT2D eigenvalue weighted by atomic mass is 32.1. The number of nitrogens with one attached hydrogen (secondary N) is 1. The van der Waals surface area contributed by atoms with E-state index in [1.54, 1.807) is 29.7 Å². The van der Waals surface area contributed by atoms with Crippen LogP contribution in [0.4, 0.5) is 16.4 Å². The van der Waals surface area contributed by atoms with E-state index >= 15 is 0 Å². The molecule has 0 radical (unpaired) electrons. The number of aliphatic imine (C=N–C) groups is 1. The van der Waals surface area contributed by atoms with E-state index in [0.29, 0.717) is 16.5 Å². The van der Waals surface area contributed by atoms with Gasteiger partial charge in [0.25, 0.3) is 11.6 Å². The van der Waals surface area contributed by atoms with Gasteiger partial charge in [-0.15, -0.1) is 11.3 Å². The number of carbonyl (C=O) groups excluding carboxylic acids is 1. The number of thiophene rings is 1. The molecule has 2 aromatic carbocycles. The molecule has 0 saturated carbocycles. The van der Waals surface area contributed by atoms with Crippen LogP contribution in [-0.2, 0) is 12.8 Å². The number of fused-ring (bicyclic) bond motifs is 1. The topological polar surface area (TPSA) is 84.6 Å². The summed E-state index contributed by atoms with van der Waals surface area (Å²) in [6, 6.07) is 15.7. The van der Waals surface area contributed by atoms with Crippen molar-refractivity contribution in [2.24, 2.45) is 16.3 Å². The minimum Gasteiger partial charge on any atom is -0.322 e. The van der Waals surface area contributed by atoms with Gasteiger partial charge >= 0.3 is 0 Å². The maximum atomic E-state index is 13.3. The minimum atomic E-state index is -0.425. The van der Waals surface area contributed by atoms with E-state index in [4.69, 9.17) is 0 Å². The monoisotopic (exact) mass is 461 g/mol. The molecule has 4 rings (SSSR count). The fourth-order valence-electron chi connectivity index (χ4n) is 4.17. The number of non-ortho nitro benzene ring substituents is 1. The number of nitrogens with zero attached hydrogens (tertiary/aromatic N) is 2. The predicted octanol–water partition coefficient (Wildman–Crippen LogP) is 6.81. The van der Waals surface area contributed by atoms with Gasteiger partial charge in [0.2, 0.25) is 0 Å². The number of amides is 1. The van der Waals surface area contributed by atoms with Gasteiger partial charge in [-0.3, -0.25) is 14.9 Å². The van der Waals surface area contributed by atoms with Crippen LogP contribution >= 0.6 is 11.3 Å². The zero-order valence-electron chi connectivity index (χ0n) is 19.0. The first-order chi connectivity index (χ1) is 15.7. The second-order valence-corrected chi connectivity index (χ2v) is 10.5. The number of nitro groups is 1. The summed E-state index contributed by atoms with van der Waals surface area (Å²) in [5.41, 5.74) is 3.48. The van der Waals surface area contributed by atoms with Crippen molar-refractivity contribution in [3.05, 3.63) is 86.3 Å². The summed E-state index contributed by atoms with van der Waals surface area (Å²) in [4.78, 5) is 29.7. The Hall–Kier alpha value is -3.32. The largest absolute Gasteiger partial charge is 0.322 e. The summed E-state index contributed by atoms with van der Waals surface area (Å²) in [5, 5.41) is 14.6. The zero-order chi connectivity index (χ0) is 23.6. The highest BCUT2D eigenvalue weighted by molar-refractivity contribution is 7.16. The summed E-state index contributed by atoms with van der Waals surface area (Å²) < 4.78 is 0. The van der Waals surface area contributed by atoms with Crippen molar-refractivity contribution in [2.45, 2.75) is 40.0 Å². The molecule has 0 saturated heterocycles. The normalized spacial score (nSPS) is 15.9. The molecule has 0 bridgehead atoms. The highest BCUT2D eigenvalue weighted by Crippen LogP contribution is 2.45. The van der Waals surface area contributed by atoms with Gasteiger partial charge in [-0.25, -0.2) is 4.99 Å². The summed E-state index contributed by atoms with van der Waals surface area (Å²) in [7, 11) is 0. The zero-order valence-corrected chi connectivity index (χ0v) is 19.8. The van der Waals surface area contributed by atoms with Gasteiger partial charge in [-0.2, -0.15) is 0 Å². The lowest BCUT2D eigenvalue weighted by molar-refractivity contribution is -0.384. The third-order valence-corrected chi connectivity index (χ3v) is 7.33. The molecule has 1 amide bonds. The Labute approximate surface area is 197 Å². The number of carbonyl (C=O) groups is 1. The quantitative estimate of drug-likeness (QED) is 0.257. The molecule has 7 heteroatoms. The molecular weight excluding hydrogens is 434 g/mol. The van der Waals surface area contributed by atoms with Crippen molar-refractivity contribution in [1.82, 2.24) is 0 Å². The number of rotatable bonds is 5. The Bertz CT molecular complexity index is 1190. The first-order valence-electron chi connectivity index (χ1n) is 11.0. The molecule has 1 aliphatic rings. The lowest BCUT2D eigenvalue weighted by Gasteiger charge is -2.33. The van der Waals surface area contributed by atoms with Crippen molar-refractivity contribution < 1.29 is 9.72 Å². The van der Waals surface area contributed by atoms with Crippen LogP contribution < -0.4 is 5.32 Å². The van der Waals surface area contributed by atoms with Crippen molar-refractivity contribution in [3.8, 4) is 0 Å². The molecule has 0 unspecified atom stereocenters. The van der Waals surface area contributed by atoms with E-state index in [2.05, 4.69) is 31.1 Å². The summed E-state index contributed by atoms with van der Waals surface area (Å²) in [6.45, 7) is 6.81. The third kappa shape index (κ3) is 5.20. The minimum absolute atomic E-state index is 0.0369. The lowest BCUT2D eigenvalue weighted by atomic mass is 9.72. The predicted molar refractivity (Wildman–Crippen MR) is 134 cm³/mol. The van der Waals surface area contributed by atoms with Crippen LogP contribution in [0.25, 0.3) is 0 Å². The molecule has 1 atom stereocenters. The number of benzene rings is 2. The van der Waals surface area contributed by atoms with Crippen LogP contribution in [-0.4, -0.2) is 17.0 Å². The second-order valence-electron chi connectivity index (χ2n) is 9.42. The molecule has 0 spiro atoms. The highest BCUT2D eigenvalue weighted by Gasteiger charge is 2.33. The van der Waals surface area contributed by atoms with Gasteiger partial charge in [0.05, 0.1) is 10.5 Å². The number of para-hydroxylation sites is 1. The van der Waals surface area contributed by atoms with Gasteiger partial charge < -0.3 is 5.32 Å². The molecule has 1 aliphatic carbocycles. The Morgan fingerprint density at radius 2 is 1.85 bits per heavy atom. The number of hydrogen-bond donors (Lipinski definition) is 1. The van der Waals surface area contributed by atoms with Gasteiger partial charge in [0, 0.05) is 28.9 Å².